The molecule has 1 heterocycles. The number of carbonyl (C=O) groups is 1. The Bertz CT molecular complexity index is 534. The zero-order valence-electron chi connectivity index (χ0n) is 13.4. The largest absolute Gasteiger partial charge is 0.492 e. The Morgan fingerprint density at radius 1 is 1.38 bits per heavy atom. The van der Waals surface area contributed by atoms with E-state index in [1.54, 1.807) is 4.90 Å². The smallest absolute Gasteiger partial charge is 0.416 e. The second-order valence-corrected chi connectivity index (χ2v) is 5.58. The number of rotatable bonds is 4. The molecule has 1 saturated heterocycles. The fraction of sp³-hybridized carbons (Fsp3) is 0.562. The summed E-state index contributed by atoms with van der Waals surface area (Å²) in [5.74, 6) is 0.328. The molecule has 1 aromatic rings. The van der Waals surface area contributed by atoms with Gasteiger partial charge in [-0.25, -0.2) is 4.79 Å². The van der Waals surface area contributed by atoms with Crippen molar-refractivity contribution in [3.63, 3.8) is 0 Å². The van der Waals surface area contributed by atoms with Crippen LogP contribution in [-0.2, 0) is 10.9 Å². The number of hydrogen-bond donors (Lipinski definition) is 1. The molecule has 0 aliphatic carbocycles. The molecular weight excluding hydrogens is 325 g/mol. The molecule has 1 aliphatic heterocycles. The van der Waals surface area contributed by atoms with E-state index in [4.69, 9.17) is 9.47 Å². The van der Waals surface area contributed by atoms with Crippen molar-refractivity contribution >= 4 is 6.03 Å². The first-order valence-electron chi connectivity index (χ1n) is 7.80. The van der Waals surface area contributed by atoms with Gasteiger partial charge in [0.15, 0.2) is 0 Å². The molecule has 1 aromatic carbocycles. The number of amides is 2. The average molecular weight is 346 g/mol. The summed E-state index contributed by atoms with van der Waals surface area (Å²) in [6.07, 6.45) is -3.57. The SMILES string of the molecule is CC1CN(C(=O)NCCOc2ccc(C(F)(F)F)cc2)CCCO1. The predicted octanol–water partition coefficient (Wildman–Crippen LogP) is 2.90. The second kappa shape index (κ2) is 8.23. The molecule has 2 amide bonds. The number of alkyl halides is 3. The Morgan fingerprint density at radius 3 is 2.75 bits per heavy atom. The second-order valence-electron chi connectivity index (χ2n) is 5.58. The van der Waals surface area contributed by atoms with Gasteiger partial charge in [0.25, 0.3) is 0 Å². The van der Waals surface area contributed by atoms with Crippen LogP contribution in [0.1, 0.15) is 18.9 Å². The van der Waals surface area contributed by atoms with Gasteiger partial charge in [0.1, 0.15) is 12.4 Å². The van der Waals surface area contributed by atoms with Gasteiger partial charge in [-0.3, -0.25) is 0 Å². The maximum Gasteiger partial charge on any atom is 0.416 e. The van der Waals surface area contributed by atoms with Gasteiger partial charge in [-0.05, 0) is 37.6 Å². The van der Waals surface area contributed by atoms with E-state index in [1.165, 1.54) is 12.1 Å². The van der Waals surface area contributed by atoms with Crippen LogP contribution in [0.2, 0.25) is 0 Å². The van der Waals surface area contributed by atoms with Crippen molar-refractivity contribution in [3.8, 4) is 5.75 Å². The van der Waals surface area contributed by atoms with Crippen LogP contribution < -0.4 is 10.1 Å². The Hall–Kier alpha value is -1.96. The van der Waals surface area contributed by atoms with E-state index in [0.717, 1.165) is 18.6 Å². The molecule has 24 heavy (non-hydrogen) atoms. The monoisotopic (exact) mass is 346 g/mol. The summed E-state index contributed by atoms with van der Waals surface area (Å²) in [5.41, 5.74) is -0.722. The highest BCUT2D eigenvalue weighted by Crippen LogP contribution is 2.30. The summed E-state index contributed by atoms with van der Waals surface area (Å²) in [5, 5.41) is 2.73. The summed E-state index contributed by atoms with van der Waals surface area (Å²) >= 11 is 0. The number of halogens is 3. The van der Waals surface area contributed by atoms with Crippen LogP contribution >= 0.6 is 0 Å². The van der Waals surface area contributed by atoms with Gasteiger partial charge in [0.2, 0.25) is 0 Å². The number of ether oxygens (including phenoxy) is 2. The molecule has 134 valence electrons. The molecular formula is C16H21F3N2O3. The van der Waals surface area contributed by atoms with Crippen LogP contribution in [0.4, 0.5) is 18.0 Å². The van der Waals surface area contributed by atoms with E-state index in [0.29, 0.717) is 25.4 Å². The lowest BCUT2D eigenvalue weighted by molar-refractivity contribution is -0.137. The van der Waals surface area contributed by atoms with Crippen molar-refractivity contribution in [2.45, 2.75) is 25.6 Å². The number of carbonyl (C=O) groups excluding carboxylic acids is 1. The summed E-state index contributed by atoms with van der Waals surface area (Å²) in [7, 11) is 0. The molecule has 0 spiro atoms. The van der Waals surface area contributed by atoms with Gasteiger partial charge >= 0.3 is 12.2 Å². The van der Waals surface area contributed by atoms with Gasteiger partial charge < -0.3 is 19.7 Å². The topological polar surface area (TPSA) is 50.8 Å². The Labute approximate surface area is 138 Å². The van der Waals surface area contributed by atoms with Crippen molar-refractivity contribution in [2.75, 3.05) is 32.8 Å². The van der Waals surface area contributed by atoms with Crippen LogP contribution in [0.25, 0.3) is 0 Å². The molecule has 0 aromatic heterocycles. The highest BCUT2D eigenvalue weighted by atomic mass is 19.4. The molecule has 1 atom stereocenters. The number of hydrogen-bond acceptors (Lipinski definition) is 3. The molecule has 8 heteroatoms. The molecule has 1 N–H and O–H groups in total. The zero-order valence-corrected chi connectivity index (χ0v) is 13.4. The highest BCUT2D eigenvalue weighted by Gasteiger charge is 2.30. The van der Waals surface area contributed by atoms with Crippen LogP contribution in [0, 0.1) is 0 Å². The van der Waals surface area contributed by atoms with E-state index in [-0.39, 0.29) is 25.3 Å². The minimum atomic E-state index is -4.36. The van der Waals surface area contributed by atoms with E-state index >= 15 is 0 Å². The van der Waals surface area contributed by atoms with E-state index in [2.05, 4.69) is 5.32 Å². The van der Waals surface area contributed by atoms with Crippen molar-refractivity contribution in [1.82, 2.24) is 10.2 Å². The Kier molecular flexibility index (Phi) is 6.30. The van der Waals surface area contributed by atoms with E-state index < -0.39 is 11.7 Å². The van der Waals surface area contributed by atoms with Gasteiger partial charge in [0, 0.05) is 19.7 Å². The Morgan fingerprint density at radius 2 is 2.08 bits per heavy atom. The minimum Gasteiger partial charge on any atom is -0.492 e. The third-order valence-electron chi connectivity index (χ3n) is 3.57. The lowest BCUT2D eigenvalue weighted by Crippen LogP contribution is -2.44. The van der Waals surface area contributed by atoms with Crippen LogP contribution in [0.15, 0.2) is 24.3 Å². The van der Waals surface area contributed by atoms with Crippen LogP contribution in [-0.4, -0.2) is 49.9 Å². The summed E-state index contributed by atoms with van der Waals surface area (Å²) < 4.78 is 48.1. The Balaban J connectivity index is 1.71. The minimum absolute atomic E-state index is 0.00153. The normalized spacial score (nSPS) is 18.8. The number of urea groups is 1. The lowest BCUT2D eigenvalue weighted by Gasteiger charge is -2.22. The average Bonchev–Trinajstić information content (AvgIpc) is 2.75. The first kappa shape index (κ1) is 18.4. The van der Waals surface area contributed by atoms with Gasteiger partial charge in [-0.1, -0.05) is 0 Å². The van der Waals surface area contributed by atoms with Gasteiger partial charge in [-0.2, -0.15) is 13.2 Å². The maximum absolute atomic E-state index is 12.4. The predicted molar refractivity (Wildman–Crippen MR) is 81.9 cm³/mol. The maximum atomic E-state index is 12.4. The number of nitrogens with one attached hydrogen (secondary N) is 1. The third-order valence-corrected chi connectivity index (χ3v) is 3.57. The van der Waals surface area contributed by atoms with Crippen LogP contribution in [0.3, 0.4) is 0 Å². The quantitative estimate of drug-likeness (QED) is 0.853. The molecule has 2 rings (SSSR count). The molecule has 0 radical (unpaired) electrons. The van der Waals surface area contributed by atoms with Gasteiger partial charge in [-0.15, -0.1) is 0 Å². The molecule has 1 unspecified atom stereocenters. The number of benzene rings is 1. The molecule has 0 bridgehead atoms. The molecule has 0 saturated carbocycles. The lowest BCUT2D eigenvalue weighted by atomic mass is 10.2. The molecule has 5 nitrogen and oxygen atoms in total. The highest BCUT2D eigenvalue weighted by molar-refractivity contribution is 5.74. The summed E-state index contributed by atoms with van der Waals surface area (Å²) in [6.45, 7) is 4.17. The fourth-order valence-electron chi connectivity index (χ4n) is 2.36. The molecule has 1 aliphatic rings. The third kappa shape index (κ3) is 5.59. The van der Waals surface area contributed by atoms with E-state index in [9.17, 15) is 18.0 Å². The van der Waals surface area contributed by atoms with Crippen molar-refractivity contribution in [2.24, 2.45) is 0 Å². The van der Waals surface area contributed by atoms with Crippen molar-refractivity contribution in [3.05, 3.63) is 29.8 Å². The first-order valence-corrected chi connectivity index (χ1v) is 7.80. The standard InChI is InChI=1S/C16H21F3N2O3/c1-12-11-21(8-2-9-23-12)15(22)20-7-10-24-14-5-3-13(4-6-14)16(17,18)19/h3-6,12H,2,7-11H2,1H3,(H,20,22). The van der Waals surface area contributed by atoms with E-state index in [1.807, 2.05) is 6.92 Å². The summed E-state index contributed by atoms with van der Waals surface area (Å²) in [4.78, 5) is 13.7. The van der Waals surface area contributed by atoms with Gasteiger partial charge in [0.05, 0.1) is 18.2 Å². The molecule has 1 fully saturated rings. The van der Waals surface area contributed by atoms with Crippen molar-refractivity contribution < 1.29 is 27.4 Å². The summed E-state index contributed by atoms with van der Waals surface area (Å²) in [6, 6.07) is 4.26. The number of nitrogens with zero attached hydrogens (tertiary/aromatic N) is 1. The van der Waals surface area contributed by atoms with Crippen molar-refractivity contribution in [1.29, 1.82) is 0 Å². The fourth-order valence-corrected chi connectivity index (χ4v) is 2.36. The first-order chi connectivity index (χ1) is 11.4. The van der Waals surface area contributed by atoms with Crippen LogP contribution in [0.5, 0.6) is 5.75 Å². The zero-order chi connectivity index (χ0) is 17.6.